The average molecular weight is 304 g/mol. The number of imidazole rings is 1. The molecule has 2 aromatic rings. The molecule has 0 saturated heterocycles. The van der Waals surface area contributed by atoms with Crippen molar-refractivity contribution in [1.29, 1.82) is 0 Å². The fraction of sp³-hybridized carbons (Fsp3) is 0.214. The van der Waals surface area contributed by atoms with Crippen LogP contribution in [0.15, 0.2) is 30.9 Å². The van der Waals surface area contributed by atoms with Crippen LogP contribution in [0.25, 0.3) is 5.57 Å². The predicted octanol–water partition coefficient (Wildman–Crippen LogP) is 1.34. The number of nitrogens with one attached hydrogen (secondary N) is 1. The Morgan fingerprint density at radius 3 is 3.10 bits per heavy atom. The van der Waals surface area contributed by atoms with Crippen LogP contribution >= 0.6 is 11.6 Å². The van der Waals surface area contributed by atoms with Gasteiger partial charge in [-0.25, -0.2) is 4.98 Å². The molecule has 0 unspecified atom stereocenters. The molecule has 0 fully saturated rings. The third-order valence-electron chi connectivity index (χ3n) is 3.46. The number of pyridine rings is 1. The molecule has 0 aromatic carbocycles. The smallest absolute Gasteiger partial charge is 0.257 e. The molecule has 1 aliphatic heterocycles. The number of rotatable bonds is 2. The number of nitrogens with two attached hydrogens (primary N) is 1. The molecular weight excluding hydrogens is 290 g/mol. The first kappa shape index (κ1) is 13.6. The van der Waals surface area contributed by atoms with Crippen molar-refractivity contribution in [2.24, 2.45) is 5.73 Å². The number of halogens is 1. The number of aromatic nitrogens is 3. The molecule has 3 heterocycles. The zero-order valence-electron chi connectivity index (χ0n) is 11.2. The number of carbonyl (C=O) groups is 1. The van der Waals surface area contributed by atoms with Gasteiger partial charge in [-0.1, -0.05) is 11.6 Å². The third-order valence-corrected chi connectivity index (χ3v) is 3.69. The Morgan fingerprint density at radius 1 is 1.48 bits per heavy atom. The maximum atomic E-state index is 12.6. The number of nitrogens with zero attached hydrogens (tertiary/aromatic N) is 3. The van der Waals surface area contributed by atoms with E-state index in [2.05, 4.69) is 15.0 Å². The van der Waals surface area contributed by atoms with Gasteiger partial charge in [0.05, 0.1) is 35.5 Å². The van der Waals surface area contributed by atoms with Gasteiger partial charge >= 0.3 is 0 Å². The van der Waals surface area contributed by atoms with Gasteiger partial charge in [-0.2, -0.15) is 0 Å². The van der Waals surface area contributed by atoms with Crippen LogP contribution in [0, 0.1) is 0 Å². The molecule has 7 heteroatoms. The van der Waals surface area contributed by atoms with Gasteiger partial charge in [0.15, 0.2) is 0 Å². The van der Waals surface area contributed by atoms with Crippen LogP contribution in [-0.2, 0) is 17.8 Å². The lowest BCUT2D eigenvalue weighted by Gasteiger charge is -2.27. The number of hydrogen-bond acceptors (Lipinski definition) is 4. The van der Waals surface area contributed by atoms with Gasteiger partial charge in [-0.15, -0.1) is 0 Å². The Hall–Kier alpha value is -2.34. The van der Waals surface area contributed by atoms with E-state index < -0.39 is 0 Å². The largest absolute Gasteiger partial charge is 0.404 e. The summed E-state index contributed by atoms with van der Waals surface area (Å²) in [5.41, 5.74) is 8.42. The maximum Gasteiger partial charge on any atom is 0.257 e. The molecular formula is C14H14ClN5O. The number of carbonyl (C=O) groups excluding carboxylic acids is 1. The average Bonchev–Trinajstić information content (AvgIpc) is 2.95. The highest BCUT2D eigenvalue weighted by molar-refractivity contribution is 6.31. The van der Waals surface area contributed by atoms with Gasteiger partial charge in [0.25, 0.3) is 5.91 Å². The number of H-pyrrole nitrogens is 1. The zero-order chi connectivity index (χ0) is 14.8. The minimum atomic E-state index is -0.160. The minimum absolute atomic E-state index is 0.160. The van der Waals surface area contributed by atoms with Crippen LogP contribution in [0.5, 0.6) is 0 Å². The van der Waals surface area contributed by atoms with E-state index in [-0.39, 0.29) is 5.91 Å². The Bertz CT molecular complexity index is 709. The summed E-state index contributed by atoms with van der Waals surface area (Å²) in [6, 6.07) is 3.28. The lowest BCUT2D eigenvalue weighted by molar-refractivity contribution is -0.126. The SMILES string of the molecule is N/C=C(/C(=O)N1CCc2nc[nH]c2C1)c1cc(Cl)ccn1. The Morgan fingerprint density at radius 2 is 2.33 bits per heavy atom. The summed E-state index contributed by atoms with van der Waals surface area (Å²) in [5.74, 6) is -0.160. The van der Waals surface area contributed by atoms with E-state index in [4.69, 9.17) is 17.3 Å². The van der Waals surface area contributed by atoms with Gasteiger partial charge < -0.3 is 15.6 Å². The summed E-state index contributed by atoms with van der Waals surface area (Å²) in [7, 11) is 0. The highest BCUT2D eigenvalue weighted by Crippen LogP contribution is 2.22. The summed E-state index contributed by atoms with van der Waals surface area (Å²) in [6.45, 7) is 1.10. The van der Waals surface area contributed by atoms with Gasteiger partial charge in [-0.05, 0) is 12.1 Å². The first-order valence-corrected chi connectivity index (χ1v) is 6.91. The van der Waals surface area contributed by atoms with Gasteiger partial charge in [0.2, 0.25) is 0 Å². The quantitative estimate of drug-likeness (QED) is 0.820. The monoisotopic (exact) mass is 303 g/mol. The van der Waals surface area contributed by atoms with Crippen molar-refractivity contribution in [2.45, 2.75) is 13.0 Å². The van der Waals surface area contributed by atoms with Crippen molar-refractivity contribution in [1.82, 2.24) is 19.9 Å². The van der Waals surface area contributed by atoms with E-state index in [0.717, 1.165) is 17.8 Å². The number of amides is 1. The molecule has 0 aliphatic carbocycles. The molecule has 6 nitrogen and oxygen atoms in total. The number of aromatic amines is 1. The summed E-state index contributed by atoms with van der Waals surface area (Å²) in [6.07, 6.45) is 5.21. The molecule has 0 spiro atoms. The van der Waals surface area contributed by atoms with Gasteiger partial charge in [-0.3, -0.25) is 9.78 Å². The summed E-state index contributed by atoms with van der Waals surface area (Å²) in [4.78, 5) is 25.8. The molecule has 108 valence electrons. The van der Waals surface area contributed by atoms with E-state index >= 15 is 0 Å². The van der Waals surface area contributed by atoms with Crippen molar-refractivity contribution in [3.63, 3.8) is 0 Å². The van der Waals surface area contributed by atoms with E-state index in [9.17, 15) is 4.79 Å². The van der Waals surface area contributed by atoms with E-state index in [1.54, 1.807) is 29.6 Å². The second-order valence-electron chi connectivity index (χ2n) is 4.74. The minimum Gasteiger partial charge on any atom is -0.404 e. The standard InChI is InChI=1S/C14H14ClN5O/c15-9-1-3-17-12(5-9)10(6-16)14(21)20-4-2-11-13(7-20)19-8-18-11/h1,3,5-6,8H,2,4,7,16H2,(H,18,19)/b10-6+. The second-order valence-corrected chi connectivity index (χ2v) is 5.18. The third kappa shape index (κ3) is 2.62. The van der Waals surface area contributed by atoms with Gasteiger partial charge in [0.1, 0.15) is 0 Å². The van der Waals surface area contributed by atoms with Crippen LogP contribution in [-0.4, -0.2) is 32.3 Å². The lowest BCUT2D eigenvalue weighted by Crippen LogP contribution is -2.36. The summed E-state index contributed by atoms with van der Waals surface area (Å²) >= 11 is 5.94. The van der Waals surface area contributed by atoms with Gasteiger partial charge in [0, 0.05) is 30.4 Å². The zero-order valence-corrected chi connectivity index (χ0v) is 12.0. The normalized spacial score (nSPS) is 14.9. The Balaban J connectivity index is 1.84. The van der Waals surface area contributed by atoms with Crippen molar-refractivity contribution < 1.29 is 4.79 Å². The molecule has 0 bridgehead atoms. The first-order valence-electron chi connectivity index (χ1n) is 6.53. The lowest BCUT2D eigenvalue weighted by atomic mass is 10.1. The van der Waals surface area contributed by atoms with E-state index in [1.807, 2.05) is 0 Å². The molecule has 3 N–H and O–H groups in total. The fourth-order valence-corrected chi connectivity index (χ4v) is 2.53. The highest BCUT2D eigenvalue weighted by Gasteiger charge is 2.25. The molecule has 2 aromatic heterocycles. The fourth-order valence-electron chi connectivity index (χ4n) is 2.37. The molecule has 1 amide bonds. The highest BCUT2D eigenvalue weighted by atomic mass is 35.5. The summed E-state index contributed by atoms with van der Waals surface area (Å²) < 4.78 is 0. The van der Waals surface area contributed by atoms with Crippen LogP contribution in [0.4, 0.5) is 0 Å². The van der Waals surface area contributed by atoms with Crippen LogP contribution < -0.4 is 5.73 Å². The van der Waals surface area contributed by atoms with Crippen LogP contribution in [0.1, 0.15) is 17.1 Å². The molecule has 1 aliphatic rings. The van der Waals surface area contributed by atoms with Crippen molar-refractivity contribution >= 4 is 23.1 Å². The Labute approximate surface area is 126 Å². The van der Waals surface area contributed by atoms with E-state index in [1.165, 1.54) is 6.20 Å². The predicted molar refractivity (Wildman–Crippen MR) is 79.1 cm³/mol. The first-order chi connectivity index (χ1) is 10.2. The van der Waals surface area contributed by atoms with Crippen molar-refractivity contribution in [3.8, 4) is 0 Å². The molecule has 0 saturated carbocycles. The molecule has 3 rings (SSSR count). The number of hydrogen-bond donors (Lipinski definition) is 2. The Kier molecular flexibility index (Phi) is 3.62. The topological polar surface area (TPSA) is 87.9 Å². The molecule has 0 radical (unpaired) electrons. The number of fused-ring (bicyclic) bond motifs is 1. The molecule has 21 heavy (non-hydrogen) atoms. The van der Waals surface area contributed by atoms with Crippen molar-refractivity contribution in [2.75, 3.05) is 6.54 Å². The second kappa shape index (κ2) is 5.57. The summed E-state index contributed by atoms with van der Waals surface area (Å²) in [5, 5.41) is 0.515. The molecule has 0 atom stereocenters. The van der Waals surface area contributed by atoms with Crippen LogP contribution in [0.3, 0.4) is 0 Å². The van der Waals surface area contributed by atoms with Crippen molar-refractivity contribution in [3.05, 3.63) is 53.0 Å². The van der Waals surface area contributed by atoms with E-state index in [0.29, 0.717) is 29.4 Å². The van der Waals surface area contributed by atoms with Crippen LogP contribution in [0.2, 0.25) is 5.02 Å². The maximum absolute atomic E-state index is 12.6.